The van der Waals surface area contributed by atoms with E-state index in [9.17, 15) is 26.4 Å². The summed E-state index contributed by atoms with van der Waals surface area (Å²) < 4.78 is 60.0. The van der Waals surface area contributed by atoms with Crippen LogP contribution in [0.2, 0.25) is 5.02 Å². The van der Waals surface area contributed by atoms with E-state index >= 15 is 0 Å². The van der Waals surface area contributed by atoms with E-state index in [-0.39, 0.29) is 23.4 Å². The Morgan fingerprint density at radius 2 is 1.68 bits per heavy atom. The molecule has 0 spiro atoms. The lowest BCUT2D eigenvalue weighted by Crippen LogP contribution is -2.46. The molecule has 1 atom stereocenters. The minimum Gasteiger partial charge on any atom is -0.475 e. The molecule has 38 heavy (non-hydrogen) atoms. The van der Waals surface area contributed by atoms with Gasteiger partial charge < -0.3 is 14.9 Å². The van der Waals surface area contributed by atoms with Crippen LogP contribution in [0.3, 0.4) is 0 Å². The first kappa shape index (κ1) is 29.7. The van der Waals surface area contributed by atoms with E-state index in [1.54, 1.807) is 24.3 Å². The summed E-state index contributed by atoms with van der Waals surface area (Å²) in [5.74, 6) is -3.30. The number of likely N-dealkylation sites (tertiary alicyclic amines) is 1. The summed E-state index contributed by atoms with van der Waals surface area (Å²) >= 11 is 6.20. The summed E-state index contributed by atoms with van der Waals surface area (Å²) in [5, 5.41) is 7.53. The van der Waals surface area contributed by atoms with Gasteiger partial charge in [0, 0.05) is 18.1 Å². The van der Waals surface area contributed by atoms with Crippen molar-refractivity contribution in [2.45, 2.75) is 42.8 Å². The Morgan fingerprint density at radius 1 is 1.11 bits per heavy atom. The number of nitrogens with zero attached hydrogens (tertiary/aromatic N) is 3. The lowest BCUT2D eigenvalue weighted by Gasteiger charge is -2.36. The van der Waals surface area contributed by atoms with Crippen molar-refractivity contribution in [3.05, 3.63) is 58.6 Å². The summed E-state index contributed by atoms with van der Waals surface area (Å²) in [5.41, 5.74) is 2.14. The third kappa shape index (κ3) is 6.41. The van der Waals surface area contributed by atoms with E-state index in [0.717, 1.165) is 37.1 Å². The average molecular weight is 576 g/mol. The predicted molar refractivity (Wildman–Crippen MR) is 137 cm³/mol. The maximum absolute atomic E-state index is 13.5. The first-order chi connectivity index (χ1) is 17.6. The van der Waals surface area contributed by atoms with Gasteiger partial charge in [-0.05, 0) is 69.2 Å². The molecule has 2 aromatic rings. The number of aliphatic carboxylic acids is 1. The molecule has 13 heteroatoms. The van der Waals surface area contributed by atoms with Crippen molar-refractivity contribution in [2.75, 3.05) is 38.0 Å². The first-order valence-electron chi connectivity index (χ1n) is 11.8. The fourth-order valence-corrected chi connectivity index (χ4v) is 6.26. The molecule has 4 rings (SSSR count). The molecule has 208 valence electrons. The third-order valence-electron chi connectivity index (χ3n) is 6.78. The van der Waals surface area contributed by atoms with Crippen LogP contribution in [-0.4, -0.2) is 81.1 Å². The molecule has 0 radical (unpaired) electrons. The molecule has 1 unspecified atom stereocenters. The SMILES string of the molecule is Cc1ccc(S(=O)(=O)N2CC(C(=O)N(C)C3CCN(C)CC3)c3ccccc32)cc1Cl.O=C(O)C(F)(F)F. The van der Waals surface area contributed by atoms with Gasteiger partial charge in [0.2, 0.25) is 5.91 Å². The van der Waals surface area contributed by atoms with Crippen molar-refractivity contribution in [3.8, 4) is 0 Å². The number of piperidine rings is 1. The van der Waals surface area contributed by atoms with Gasteiger partial charge in [0.25, 0.3) is 10.0 Å². The molecule has 2 aliphatic heterocycles. The number of alkyl halides is 3. The number of carbonyl (C=O) groups excluding carboxylic acids is 1. The molecule has 2 aromatic carbocycles. The highest BCUT2D eigenvalue weighted by molar-refractivity contribution is 7.92. The number of sulfonamides is 1. The molecule has 1 fully saturated rings. The molecule has 0 aliphatic carbocycles. The normalized spacial score (nSPS) is 18.4. The Morgan fingerprint density at radius 3 is 2.24 bits per heavy atom. The predicted octanol–water partition coefficient (Wildman–Crippen LogP) is 4.13. The van der Waals surface area contributed by atoms with Crippen molar-refractivity contribution in [1.82, 2.24) is 9.80 Å². The molecule has 1 saturated heterocycles. The van der Waals surface area contributed by atoms with Crippen LogP contribution in [0.15, 0.2) is 47.4 Å². The smallest absolute Gasteiger partial charge is 0.475 e. The lowest BCUT2D eigenvalue weighted by molar-refractivity contribution is -0.192. The Balaban J connectivity index is 0.000000505. The molecular formula is C25H29ClF3N3O5S. The fraction of sp³-hybridized carbons (Fsp3) is 0.440. The Bertz CT molecular complexity index is 1300. The van der Waals surface area contributed by atoms with Gasteiger partial charge >= 0.3 is 12.1 Å². The molecule has 2 heterocycles. The number of hydrogen-bond acceptors (Lipinski definition) is 5. The number of halogens is 4. The van der Waals surface area contributed by atoms with Crippen molar-refractivity contribution in [3.63, 3.8) is 0 Å². The second-order valence-electron chi connectivity index (χ2n) is 9.35. The van der Waals surface area contributed by atoms with Gasteiger partial charge in [-0.25, -0.2) is 13.2 Å². The monoisotopic (exact) mass is 575 g/mol. The van der Waals surface area contributed by atoms with Crippen LogP contribution in [0.1, 0.15) is 29.9 Å². The lowest BCUT2D eigenvalue weighted by atomic mass is 9.97. The Kier molecular flexibility index (Phi) is 9.00. The zero-order valence-corrected chi connectivity index (χ0v) is 22.6. The van der Waals surface area contributed by atoms with Gasteiger partial charge in [-0.1, -0.05) is 35.9 Å². The second-order valence-corrected chi connectivity index (χ2v) is 11.6. The summed E-state index contributed by atoms with van der Waals surface area (Å²) in [6, 6.07) is 12.2. The Hall–Kier alpha value is -2.83. The van der Waals surface area contributed by atoms with E-state index < -0.39 is 28.1 Å². The number of para-hydroxylation sites is 1. The van der Waals surface area contributed by atoms with E-state index in [2.05, 4.69) is 11.9 Å². The molecule has 1 amide bonds. The van der Waals surface area contributed by atoms with Crippen molar-refractivity contribution >= 4 is 39.2 Å². The fourth-order valence-electron chi connectivity index (χ4n) is 4.48. The largest absolute Gasteiger partial charge is 0.490 e. The topological polar surface area (TPSA) is 98.2 Å². The van der Waals surface area contributed by atoms with Crippen molar-refractivity contribution in [1.29, 1.82) is 0 Å². The summed E-state index contributed by atoms with van der Waals surface area (Å²) in [7, 11) is 0.0895. The number of amides is 1. The molecule has 1 N–H and O–H groups in total. The average Bonchev–Trinajstić information content (AvgIpc) is 3.25. The van der Waals surface area contributed by atoms with Gasteiger partial charge in [-0.15, -0.1) is 0 Å². The summed E-state index contributed by atoms with van der Waals surface area (Å²) in [6.07, 6.45) is -3.23. The number of fused-ring (bicyclic) bond motifs is 1. The molecule has 0 aromatic heterocycles. The Labute approximate surface area is 224 Å². The third-order valence-corrected chi connectivity index (χ3v) is 8.97. The number of hydrogen-bond donors (Lipinski definition) is 1. The maximum Gasteiger partial charge on any atom is 0.490 e. The molecule has 8 nitrogen and oxygen atoms in total. The van der Waals surface area contributed by atoms with Gasteiger partial charge in [0.05, 0.1) is 23.0 Å². The van der Waals surface area contributed by atoms with Crippen LogP contribution < -0.4 is 4.31 Å². The van der Waals surface area contributed by atoms with Gasteiger partial charge in [-0.2, -0.15) is 13.2 Å². The van der Waals surface area contributed by atoms with Crippen LogP contribution in [0.5, 0.6) is 0 Å². The zero-order chi connectivity index (χ0) is 28.4. The number of likely N-dealkylation sites (N-methyl/N-ethyl adjacent to an activating group) is 1. The van der Waals surface area contributed by atoms with Crippen molar-refractivity contribution in [2.24, 2.45) is 0 Å². The molecule has 0 bridgehead atoms. The van der Waals surface area contributed by atoms with Gasteiger partial charge in [-0.3, -0.25) is 9.10 Å². The number of carboxylic acids is 1. The number of rotatable bonds is 4. The number of anilines is 1. The van der Waals surface area contributed by atoms with Crippen LogP contribution >= 0.6 is 11.6 Å². The van der Waals surface area contributed by atoms with Crippen LogP contribution in [-0.2, 0) is 19.6 Å². The summed E-state index contributed by atoms with van der Waals surface area (Å²) in [4.78, 5) is 26.6. The van der Waals surface area contributed by atoms with Gasteiger partial charge in [0.15, 0.2) is 0 Å². The molecule has 2 aliphatic rings. The number of benzene rings is 2. The van der Waals surface area contributed by atoms with Crippen LogP contribution in [0.4, 0.5) is 18.9 Å². The highest BCUT2D eigenvalue weighted by atomic mass is 35.5. The number of carboxylic acid groups (broad SMARTS) is 1. The maximum atomic E-state index is 13.5. The highest BCUT2D eigenvalue weighted by Crippen LogP contribution is 2.41. The van der Waals surface area contributed by atoms with Crippen LogP contribution in [0.25, 0.3) is 0 Å². The van der Waals surface area contributed by atoms with E-state index in [1.807, 2.05) is 31.0 Å². The first-order valence-corrected chi connectivity index (χ1v) is 13.6. The van der Waals surface area contributed by atoms with E-state index in [1.165, 1.54) is 10.4 Å². The van der Waals surface area contributed by atoms with E-state index in [0.29, 0.717) is 10.7 Å². The van der Waals surface area contributed by atoms with Crippen LogP contribution in [0, 0.1) is 6.92 Å². The standard InChI is InChI=1S/C23H28ClN3O3S.C2HF3O2/c1-16-8-9-18(14-21(16)24)31(29,30)27-15-20(19-6-4-5-7-22(19)27)23(28)26(3)17-10-12-25(2)13-11-17;3-2(4,5)1(6)7/h4-9,14,17,20H,10-13,15H2,1-3H3;(H,6,7). The van der Waals surface area contributed by atoms with Crippen molar-refractivity contribution < 1.29 is 36.3 Å². The second kappa shape index (κ2) is 11.5. The number of aryl methyl sites for hydroxylation is 1. The molecular weight excluding hydrogens is 547 g/mol. The minimum atomic E-state index is -5.08. The number of carbonyl (C=O) groups is 2. The zero-order valence-electron chi connectivity index (χ0n) is 21.1. The highest BCUT2D eigenvalue weighted by Gasteiger charge is 2.42. The molecule has 0 saturated carbocycles. The summed E-state index contributed by atoms with van der Waals surface area (Å²) in [6.45, 7) is 3.84. The van der Waals surface area contributed by atoms with E-state index in [4.69, 9.17) is 21.5 Å². The van der Waals surface area contributed by atoms with Gasteiger partial charge in [0.1, 0.15) is 0 Å². The minimum absolute atomic E-state index is 0.0263. The quantitative estimate of drug-likeness (QED) is 0.589.